The fraction of sp³-hybridized carbons (Fsp3) is 0.381. The molecule has 2 aliphatic heterocycles. The van der Waals surface area contributed by atoms with Crippen LogP contribution in [0.2, 0.25) is 0 Å². The summed E-state index contributed by atoms with van der Waals surface area (Å²) >= 11 is 3.66. The molecule has 4 heteroatoms. The van der Waals surface area contributed by atoms with Crippen molar-refractivity contribution in [3.63, 3.8) is 0 Å². The Morgan fingerprint density at radius 2 is 1.80 bits per heavy atom. The van der Waals surface area contributed by atoms with Crippen molar-refractivity contribution in [2.24, 2.45) is 10.7 Å². The molecule has 2 aliphatic rings. The topological polar surface area (TPSA) is 41.6 Å². The Labute approximate surface area is 158 Å². The van der Waals surface area contributed by atoms with E-state index < -0.39 is 0 Å². The van der Waals surface area contributed by atoms with Gasteiger partial charge >= 0.3 is 0 Å². The minimum atomic E-state index is 0.171. The Morgan fingerprint density at radius 1 is 1.04 bits per heavy atom. The number of benzene rings is 2. The average molecular weight is 398 g/mol. The van der Waals surface area contributed by atoms with Gasteiger partial charge in [-0.3, -0.25) is 0 Å². The zero-order chi connectivity index (χ0) is 17.2. The number of rotatable bonds is 4. The lowest BCUT2D eigenvalue weighted by molar-refractivity contribution is 0.256. The first-order chi connectivity index (χ1) is 12.2. The number of hydrogen-bond acceptors (Lipinski definition) is 3. The van der Waals surface area contributed by atoms with Gasteiger partial charge in [-0.2, -0.15) is 0 Å². The molecule has 0 saturated carbocycles. The monoisotopic (exact) mass is 397 g/mol. The van der Waals surface area contributed by atoms with Crippen molar-refractivity contribution in [1.29, 1.82) is 0 Å². The van der Waals surface area contributed by atoms with Crippen molar-refractivity contribution in [3.05, 3.63) is 70.2 Å². The fourth-order valence-corrected chi connectivity index (χ4v) is 4.86. The van der Waals surface area contributed by atoms with Crippen LogP contribution in [-0.4, -0.2) is 22.9 Å². The molecule has 1 saturated heterocycles. The van der Waals surface area contributed by atoms with Gasteiger partial charge in [0.2, 0.25) is 0 Å². The molecule has 0 aliphatic carbocycles. The second-order valence-electron chi connectivity index (χ2n) is 7.08. The number of guanidine groups is 1. The van der Waals surface area contributed by atoms with E-state index in [1.165, 1.54) is 24.0 Å². The van der Waals surface area contributed by atoms with Crippen LogP contribution >= 0.6 is 15.9 Å². The van der Waals surface area contributed by atoms with E-state index >= 15 is 0 Å². The third-order valence-electron chi connectivity index (χ3n) is 5.54. The van der Waals surface area contributed by atoms with Crippen LogP contribution in [0.5, 0.6) is 0 Å². The van der Waals surface area contributed by atoms with Crippen LogP contribution < -0.4 is 5.73 Å². The first-order valence-electron chi connectivity index (χ1n) is 9.12. The van der Waals surface area contributed by atoms with Crippen molar-refractivity contribution < 1.29 is 0 Å². The molecule has 130 valence electrons. The molecule has 0 spiro atoms. The van der Waals surface area contributed by atoms with Crippen LogP contribution in [0.15, 0.2) is 64.1 Å². The maximum atomic E-state index is 6.42. The van der Waals surface area contributed by atoms with Crippen molar-refractivity contribution in [2.75, 3.05) is 0 Å². The number of hydrogen-bond donors (Lipinski definition) is 1. The second kappa shape index (κ2) is 7.20. The SMILES string of the molecule is NC1=N[C@@H](c2ccccc2Br)C[C@H]2CC[C@H](CCc3ccccc3)N12. The Balaban J connectivity index is 1.48. The zero-order valence-corrected chi connectivity index (χ0v) is 15.9. The van der Waals surface area contributed by atoms with Gasteiger partial charge in [-0.05, 0) is 49.3 Å². The van der Waals surface area contributed by atoms with E-state index in [-0.39, 0.29) is 6.04 Å². The van der Waals surface area contributed by atoms with Gasteiger partial charge in [0.15, 0.2) is 5.96 Å². The fourth-order valence-electron chi connectivity index (χ4n) is 4.31. The number of nitrogens with zero attached hydrogens (tertiary/aromatic N) is 2. The van der Waals surface area contributed by atoms with Gasteiger partial charge in [-0.15, -0.1) is 0 Å². The highest BCUT2D eigenvalue weighted by molar-refractivity contribution is 9.10. The molecular formula is C21H24BrN3. The zero-order valence-electron chi connectivity index (χ0n) is 14.3. The second-order valence-corrected chi connectivity index (χ2v) is 7.93. The highest BCUT2D eigenvalue weighted by Crippen LogP contribution is 2.39. The molecule has 0 amide bonds. The number of aliphatic imine (C=N–C) groups is 1. The Kier molecular flexibility index (Phi) is 4.80. The minimum absolute atomic E-state index is 0.171. The molecule has 2 aromatic carbocycles. The number of halogens is 1. The largest absolute Gasteiger partial charge is 0.370 e. The van der Waals surface area contributed by atoms with Gasteiger partial charge in [-0.1, -0.05) is 64.5 Å². The molecule has 3 atom stereocenters. The summed E-state index contributed by atoms with van der Waals surface area (Å²) in [6, 6.07) is 20.3. The van der Waals surface area contributed by atoms with Crippen molar-refractivity contribution in [2.45, 2.75) is 50.2 Å². The summed E-state index contributed by atoms with van der Waals surface area (Å²) in [5.41, 5.74) is 9.07. The van der Waals surface area contributed by atoms with E-state index in [0.29, 0.717) is 12.1 Å². The van der Waals surface area contributed by atoms with E-state index in [2.05, 4.69) is 69.4 Å². The highest BCUT2D eigenvalue weighted by atomic mass is 79.9. The van der Waals surface area contributed by atoms with Crippen molar-refractivity contribution in [1.82, 2.24) is 4.90 Å². The molecule has 2 N–H and O–H groups in total. The van der Waals surface area contributed by atoms with Crippen molar-refractivity contribution >= 4 is 21.9 Å². The summed E-state index contributed by atoms with van der Waals surface area (Å²) in [5.74, 6) is 0.729. The van der Waals surface area contributed by atoms with E-state index in [9.17, 15) is 0 Å². The van der Waals surface area contributed by atoms with Crippen LogP contribution in [0.25, 0.3) is 0 Å². The molecule has 4 rings (SSSR count). The molecule has 0 aromatic heterocycles. The smallest absolute Gasteiger partial charge is 0.192 e. The first-order valence-corrected chi connectivity index (χ1v) is 9.91. The van der Waals surface area contributed by atoms with Gasteiger partial charge < -0.3 is 10.6 Å². The molecule has 0 unspecified atom stereocenters. The summed E-state index contributed by atoms with van der Waals surface area (Å²) in [4.78, 5) is 7.25. The number of aryl methyl sites for hydroxylation is 1. The predicted molar refractivity (Wildman–Crippen MR) is 107 cm³/mol. The van der Waals surface area contributed by atoms with Gasteiger partial charge in [0, 0.05) is 16.6 Å². The number of fused-ring (bicyclic) bond motifs is 1. The van der Waals surface area contributed by atoms with Gasteiger partial charge in [0.05, 0.1) is 6.04 Å². The number of nitrogens with two attached hydrogens (primary N) is 1. The quantitative estimate of drug-likeness (QED) is 0.813. The predicted octanol–water partition coefficient (Wildman–Crippen LogP) is 4.67. The summed E-state index contributed by atoms with van der Waals surface area (Å²) in [7, 11) is 0. The van der Waals surface area contributed by atoms with E-state index in [0.717, 1.165) is 29.7 Å². The first kappa shape index (κ1) is 16.6. The summed E-state index contributed by atoms with van der Waals surface area (Å²) in [6.07, 6.45) is 5.75. The van der Waals surface area contributed by atoms with Crippen LogP contribution in [-0.2, 0) is 6.42 Å². The normalized spacial score (nSPS) is 25.6. The molecule has 3 nitrogen and oxygen atoms in total. The average Bonchev–Trinajstić information content (AvgIpc) is 3.05. The summed E-state index contributed by atoms with van der Waals surface area (Å²) < 4.78 is 1.13. The van der Waals surface area contributed by atoms with Gasteiger partial charge in [0.1, 0.15) is 0 Å². The third-order valence-corrected chi connectivity index (χ3v) is 6.26. The summed E-state index contributed by atoms with van der Waals surface area (Å²) in [6.45, 7) is 0. The molecule has 2 aromatic rings. The minimum Gasteiger partial charge on any atom is -0.370 e. The summed E-state index contributed by atoms with van der Waals surface area (Å²) in [5, 5.41) is 0. The molecule has 2 heterocycles. The lowest BCUT2D eigenvalue weighted by Gasteiger charge is -2.37. The van der Waals surface area contributed by atoms with E-state index in [4.69, 9.17) is 10.7 Å². The van der Waals surface area contributed by atoms with Crippen LogP contribution in [0.1, 0.15) is 42.9 Å². The highest BCUT2D eigenvalue weighted by Gasteiger charge is 2.39. The Bertz CT molecular complexity index is 759. The third kappa shape index (κ3) is 3.45. The lowest BCUT2D eigenvalue weighted by Crippen LogP contribution is -2.49. The van der Waals surface area contributed by atoms with Crippen LogP contribution in [0.3, 0.4) is 0 Å². The standard InChI is InChI=1S/C21H24BrN3/c22-19-9-5-4-8-18(19)20-14-17-13-12-16(25(17)21(23)24-20)11-10-15-6-2-1-3-7-15/h1-9,16-17,20H,10-14H2,(H2,23,24)/t16-,17+,20+/m0/s1. The molecule has 0 bridgehead atoms. The molecule has 1 fully saturated rings. The van der Waals surface area contributed by atoms with Crippen molar-refractivity contribution in [3.8, 4) is 0 Å². The van der Waals surface area contributed by atoms with Crippen LogP contribution in [0, 0.1) is 0 Å². The molecule has 0 radical (unpaired) electrons. The molecule has 25 heavy (non-hydrogen) atoms. The van der Waals surface area contributed by atoms with E-state index in [1.807, 2.05) is 6.07 Å². The lowest BCUT2D eigenvalue weighted by atomic mass is 9.97. The molecular weight excluding hydrogens is 374 g/mol. The van der Waals surface area contributed by atoms with Gasteiger partial charge in [0.25, 0.3) is 0 Å². The maximum absolute atomic E-state index is 6.42. The maximum Gasteiger partial charge on any atom is 0.192 e. The Hall–Kier alpha value is -1.81. The Morgan fingerprint density at radius 3 is 2.60 bits per heavy atom. The van der Waals surface area contributed by atoms with Crippen LogP contribution in [0.4, 0.5) is 0 Å². The van der Waals surface area contributed by atoms with Gasteiger partial charge in [-0.25, -0.2) is 4.99 Å². The van der Waals surface area contributed by atoms with E-state index in [1.54, 1.807) is 0 Å².